The van der Waals surface area contributed by atoms with Gasteiger partial charge in [-0.25, -0.2) is 0 Å². The van der Waals surface area contributed by atoms with Crippen molar-refractivity contribution in [2.45, 2.75) is 51.0 Å². The van der Waals surface area contributed by atoms with Crippen LogP contribution in [0.5, 0.6) is 11.5 Å². The predicted octanol–water partition coefficient (Wildman–Crippen LogP) is 1.74. The van der Waals surface area contributed by atoms with Crippen LogP contribution in [0.3, 0.4) is 0 Å². The van der Waals surface area contributed by atoms with Gasteiger partial charge in [0.25, 0.3) is 0 Å². The Bertz CT molecular complexity index is 736. The molecule has 2 rings (SSSR count). The summed E-state index contributed by atoms with van der Waals surface area (Å²) in [7, 11) is 3.16. The zero-order chi connectivity index (χ0) is 21.3. The molecule has 1 aliphatic rings. The third kappa shape index (κ3) is 6.66. The van der Waals surface area contributed by atoms with E-state index in [1.165, 1.54) is 0 Å². The van der Waals surface area contributed by atoms with Crippen molar-refractivity contribution in [1.29, 1.82) is 0 Å². The fourth-order valence-corrected chi connectivity index (χ4v) is 3.54. The summed E-state index contributed by atoms with van der Waals surface area (Å²) < 4.78 is 15.5. The van der Waals surface area contributed by atoms with Crippen LogP contribution < -0.4 is 20.1 Å². The van der Waals surface area contributed by atoms with E-state index in [1.54, 1.807) is 21.1 Å². The van der Waals surface area contributed by atoms with Crippen molar-refractivity contribution in [2.24, 2.45) is 0 Å². The first kappa shape index (κ1) is 22.5. The van der Waals surface area contributed by atoms with Gasteiger partial charge in [0.05, 0.1) is 27.2 Å². The van der Waals surface area contributed by atoms with Crippen LogP contribution in [0.4, 0.5) is 0 Å². The highest BCUT2D eigenvalue weighted by Crippen LogP contribution is 2.33. The van der Waals surface area contributed by atoms with Crippen molar-refractivity contribution in [1.82, 2.24) is 10.6 Å². The van der Waals surface area contributed by atoms with E-state index in [1.807, 2.05) is 18.2 Å². The second-order valence-electron chi connectivity index (χ2n) is 7.10. The Morgan fingerprint density at radius 1 is 1.17 bits per heavy atom. The minimum atomic E-state index is -0.477. The molecule has 1 fully saturated rings. The lowest BCUT2D eigenvalue weighted by molar-refractivity contribution is -0.143. The van der Waals surface area contributed by atoms with Gasteiger partial charge < -0.3 is 24.8 Å². The number of benzene rings is 1. The molecule has 0 aromatic heterocycles. The highest BCUT2D eigenvalue weighted by Gasteiger charge is 2.38. The monoisotopic (exact) mass is 406 g/mol. The average Bonchev–Trinajstić information content (AvgIpc) is 3.07. The van der Waals surface area contributed by atoms with Gasteiger partial charge in [0.1, 0.15) is 0 Å². The average molecular weight is 406 g/mol. The van der Waals surface area contributed by atoms with Crippen LogP contribution in [-0.2, 0) is 25.5 Å². The molecule has 1 atom stereocenters. The second-order valence-corrected chi connectivity index (χ2v) is 7.10. The molecule has 0 spiro atoms. The summed E-state index contributed by atoms with van der Waals surface area (Å²) in [4.78, 5) is 35.4. The summed E-state index contributed by atoms with van der Waals surface area (Å²) in [5, 5.41) is 5.80. The summed E-state index contributed by atoms with van der Waals surface area (Å²) in [6.07, 6.45) is 2.62. The van der Waals surface area contributed by atoms with Crippen molar-refractivity contribution in [3.8, 4) is 11.5 Å². The van der Waals surface area contributed by atoms with E-state index in [2.05, 4.69) is 10.6 Å². The molecule has 0 unspecified atom stereocenters. The fourth-order valence-electron chi connectivity index (χ4n) is 3.54. The van der Waals surface area contributed by atoms with Crippen LogP contribution in [0.15, 0.2) is 18.2 Å². The molecule has 1 aromatic carbocycles. The van der Waals surface area contributed by atoms with Crippen molar-refractivity contribution >= 4 is 17.8 Å². The van der Waals surface area contributed by atoms with Gasteiger partial charge in [-0.05, 0) is 43.9 Å². The van der Waals surface area contributed by atoms with E-state index in [9.17, 15) is 14.4 Å². The van der Waals surface area contributed by atoms with Gasteiger partial charge in [-0.2, -0.15) is 0 Å². The van der Waals surface area contributed by atoms with Crippen LogP contribution in [0.2, 0.25) is 0 Å². The minimum Gasteiger partial charge on any atom is -0.493 e. The zero-order valence-electron chi connectivity index (χ0n) is 17.3. The first-order valence-electron chi connectivity index (χ1n) is 9.85. The van der Waals surface area contributed by atoms with Crippen LogP contribution in [-0.4, -0.2) is 50.7 Å². The molecule has 1 saturated heterocycles. The number of hydrogen-bond donors (Lipinski definition) is 2. The zero-order valence-corrected chi connectivity index (χ0v) is 17.3. The molecule has 2 N–H and O–H groups in total. The molecule has 0 saturated carbocycles. The Balaban J connectivity index is 1.96. The van der Waals surface area contributed by atoms with Crippen molar-refractivity contribution in [2.75, 3.05) is 27.4 Å². The summed E-state index contributed by atoms with van der Waals surface area (Å²) in [6, 6.07) is 5.66. The number of esters is 1. The molecule has 29 heavy (non-hydrogen) atoms. The van der Waals surface area contributed by atoms with Crippen molar-refractivity contribution in [3.63, 3.8) is 0 Å². The smallest absolute Gasteiger partial charge is 0.307 e. The molecule has 8 heteroatoms. The molecule has 0 bridgehead atoms. The normalized spacial score (nSPS) is 18.1. The Kier molecular flexibility index (Phi) is 8.30. The van der Waals surface area contributed by atoms with E-state index >= 15 is 0 Å². The van der Waals surface area contributed by atoms with Crippen molar-refractivity contribution in [3.05, 3.63) is 23.8 Å². The SMILES string of the molecule is CCOC(=O)CCNC(=O)CC[C@@]1(Cc2ccc(OC)c(OC)c2)CCC(=O)N1. The number of hydrogen-bond acceptors (Lipinski definition) is 6. The standard InChI is InChI=1S/C21H30N2O6/c1-4-29-20(26)9-12-22-18(24)7-10-21(11-8-19(25)23-21)14-15-5-6-16(27-2)17(13-15)28-3/h5-6,13H,4,7-12,14H2,1-3H3,(H,22,24)(H,23,25)/t21-/m0/s1. The number of carbonyl (C=O) groups is 3. The summed E-state index contributed by atoms with van der Waals surface area (Å²) in [6.45, 7) is 2.31. The van der Waals surface area contributed by atoms with Gasteiger partial charge in [0, 0.05) is 24.9 Å². The van der Waals surface area contributed by atoms with Gasteiger partial charge in [0.2, 0.25) is 11.8 Å². The summed E-state index contributed by atoms with van der Waals surface area (Å²) in [5.74, 6) is 0.777. The highest BCUT2D eigenvalue weighted by molar-refractivity contribution is 5.80. The Morgan fingerprint density at radius 2 is 1.93 bits per heavy atom. The lowest BCUT2D eigenvalue weighted by Gasteiger charge is -2.29. The molecule has 0 radical (unpaired) electrons. The Labute approximate surface area is 171 Å². The molecule has 1 aromatic rings. The maximum absolute atomic E-state index is 12.2. The topological polar surface area (TPSA) is 103 Å². The molecular formula is C21H30N2O6. The Morgan fingerprint density at radius 3 is 2.55 bits per heavy atom. The van der Waals surface area contributed by atoms with Gasteiger partial charge in [-0.15, -0.1) is 0 Å². The highest BCUT2D eigenvalue weighted by atomic mass is 16.5. The lowest BCUT2D eigenvalue weighted by atomic mass is 9.85. The van der Waals surface area contributed by atoms with Crippen molar-refractivity contribution < 1.29 is 28.6 Å². The predicted molar refractivity (Wildman–Crippen MR) is 107 cm³/mol. The van der Waals surface area contributed by atoms with Crippen LogP contribution in [0, 0.1) is 0 Å². The molecular weight excluding hydrogens is 376 g/mol. The van der Waals surface area contributed by atoms with E-state index in [4.69, 9.17) is 14.2 Å². The largest absolute Gasteiger partial charge is 0.493 e. The lowest BCUT2D eigenvalue weighted by Crippen LogP contribution is -2.44. The molecule has 160 valence electrons. The van der Waals surface area contributed by atoms with E-state index in [0.29, 0.717) is 43.8 Å². The quantitative estimate of drug-likeness (QED) is 0.543. The van der Waals surface area contributed by atoms with Crippen LogP contribution in [0.25, 0.3) is 0 Å². The summed E-state index contributed by atoms with van der Waals surface area (Å²) >= 11 is 0. The molecule has 8 nitrogen and oxygen atoms in total. The van der Waals surface area contributed by atoms with Gasteiger partial charge in [0.15, 0.2) is 11.5 Å². The summed E-state index contributed by atoms with van der Waals surface area (Å²) in [5.41, 5.74) is 0.516. The van der Waals surface area contributed by atoms with E-state index in [0.717, 1.165) is 5.56 Å². The molecule has 0 aliphatic carbocycles. The van der Waals surface area contributed by atoms with Gasteiger partial charge >= 0.3 is 5.97 Å². The maximum Gasteiger partial charge on any atom is 0.307 e. The number of amides is 2. The maximum atomic E-state index is 12.2. The number of ether oxygens (including phenoxy) is 3. The number of nitrogens with one attached hydrogen (secondary N) is 2. The Hall–Kier alpha value is -2.77. The number of carbonyl (C=O) groups excluding carboxylic acids is 3. The molecule has 2 amide bonds. The fraction of sp³-hybridized carbons (Fsp3) is 0.571. The number of rotatable bonds is 11. The van der Waals surface area contributed by atoms with Crippen LogP contribution >= 0.6 is 0 Å². The van der Waals surface area contributed by atoms with Gasteiger partial charge in [-0.3, -0.25) is 14.4 Å². The third-order valence-electron chi connectivity index (χ3n) is 5.01. The molecule has 1 aliphatic heterocycles. The van der Waals surface area contributed by atoms with E-state index < -0.39 is 5.54 Å². The third-order valence-corrected chi connectivity index (χ3v) is 5.01. The second kappa shape index (κ2) is 10.7. The van der Waals surface area contributed by atoms with Gasteiger partial charge in [-0.1, -0.05) is 6.07 Å². The van der Waals surface area contributed by atoms with Crippen LogP contribution in [0.1, 0.15) is 44.6 Å². The minimum absolute atomic E-state index is 0.00630. The first-order valence-corrected chi connectivity index (χ1v) is 9.85. The van der Waals surface area contributed by atoms with E-state index in [-0.39, 0.29) is 37.2 Å². The number of methoxy groups -OCH3 is 2. The first-order chi connectivity index (χ1) is 13.9. The molecule has 1 heterocycles.